The summed E-state index contributed by atoms with van der Waals surface area (Å²) in [4.78, 5) is 16.1. The highest BCUT2D eigenvalue weighted by Crippen LogP contribution is 2.02. The maximum absolute atomic E-state index is 12.2. The molecular weight excluding hydrogens is 306 g/mol. The number of nitrogens with one attached hydrogen (secondary N) is 1. The molecule has 1 amide bonds. The van der Waals surface area contributed by atoms with Crippen LogP contribution in [-0.4, -0.2) is 41.7 Å². The zero-order valence-electron chi connectivity index (χ0n) is 13.4. The highest BCUT2D eigenvalue weighted by atomic mass is 16.2. The smallest absolute Gasteiger partial charge is 0.273 e. The number of nitrogens with zero attached hydrogens (tertiary/aromatic N) is 6. The van der Waals surface area contributed by atoms with Crippen molar-refractivity contribution in [3.63, 3.8) is 0 Å². The van der Waals surface area contributed by atoms with Gasteiger partial charge in [0.25, 0.3) is 5.91 Å². The van der Waals surface area contributed by atoms with Crippen molar-refractivity contribution in [3.05, 3.63) is 60.4 Å². The van der Waals surface area contributed by atoms with Gasteiger partial charge in [0.15, 0.2) is 5.69 Å². The van der Waals surface area contributed by atoms with Gasteiger partial charge in [0.2, 0.25) is 0 Å². The van der Waals surface area contributed by atoms with Crippen molar-refractivity contribution in [1.82, 2.24) is 35.1 Å². The van der Waals surface area contributed by atoms with Gasteiger partial charge >= 0.3 is 0 Å². The summed E-state index contributed by atoms with van der Waals surface area (Å²) in [5, 5.41) is 14.9. The Kier molecular flexibility index (Phi) is 4.95. The van der Waals surface area contributed by atoms with Crippen LogP contribution in [0.3, 0.4) is 0 Å². The minimum atomic E-state index is -0.242. The van der Waals surface area contributed by atoms with Crippen LogP contribution in [0.2, 0.25) is 0 Å². The normalized spacial score (nSPS) is 12.0. The molecule has 0 saturated heterocycles. The number of aromatic nitrogens is 6. The molecule has 2 aromatic heterocycles. The lowest BCUT2D eigenvalue weighted by Crippen LogP contribution is -2.36. The zero-order chi connectivity index (χ0) is 16.8. The van der Waals surface area contributed by atoms with Crippen LogP contribution in [0, 0.1) is 0 Å². The van der Waals surface area contributed by atoms with E-state index in [0.717, 1.165) is 6.42 Å². The molecule has 3 aromatic rings. The molecule has 0 aliphatic carbocycles. The summed E-state index contributed by atoms with van der Waals surface area (Å²) >= 11 is 0. The number of rotatable bonds is 7. The second-order valence-electron chi connectivity index (χ2n) is 5.59. The summed E-state index contributed by atoms with van der Waals surface area (Å²) in [6, 6.07) is 10.0. The first-order valence-corrected chi connectivity index (χ1v) is 7.78. The number of amides is 1. The second kappa shape index (κ2) is 7.49. The summed E-state index contributed by atoms with van der Waals surface area (Å²) < 4.78 is 3.35. The average Bonchev–Trinajstić information content (AvgIpc) is 3.25. The Balaban J connectivity index is 1.51. The quantitative estimate of drug-likeness (QED) is 0.698. The highest BCUT2D eigenvalue weighted by molar-refractivity contribution is 5.92. The Bertz CT molecular complexity index is 767. The molecule has 8 heteroatoms. The van der Waals surface area contributed by atoms with Gasteiger partial charge in [-0.15, -0.1) is 5.10 Å². The molecule has 1 atom stereocenters. The van der Waals surface area contributed by atoms with E-state index in [0.29, 0.717) is 18.8 Å². The van der Waals surface area contributed by atoms with Crippen molar-refractivity contribution < 1.29 is 4.79 Å². The van der Waals surface area contributed by atoms with Crippen LogP contribution >= 0.6 is 0 Å². The van der Waals surface area contributed by atoms with E-state index in [1.54, 1.807) is 21.9 Å². The Labute approximate surface area is 139 Å². The standard InChI is InChI=1S/C16H19N7O/c1-13(9-23-12-17-11-18-23)19-16(24)15-10-22(21-20-15)8-7-14-5-3-2-4-6-14/h2-6,10-13H,7-9H2,1H3,(H,19,24). The number of carbonyl (C=O) groups is 1. The van der Waals surface area contributed by atoms with Crippen molar-refractivity contribution in [1.29, 1.82) is 0 Å². The summed E-state index contributed by atoms with van der Waals surface area (Å²) in [6.45, 7) is 3.13. The minimum absolute atomic E-state index is 0.0892. The van der Waals surface area contributed by atoms with Gasteiger partial charge in [-0.05, 0) is 18.9 Å². The molecule has 3 rings (SSSR count). The maximum Gasteiger partial charge on any atom is 0.273 e. The van der Waals surface area contributed by atoms with Crippen LogP contribution < -0.4 is 5.32 Å². The van der Waals surface area contributed by atoms with E-state index in [2.05, 4.69) is 37.8 Å². The lowest BCUT2D eigenvalue weighted by Gasteiger charge is -2.12. The lowest BCUT2D eigenvalue weighted by atomic mass is 10.1. The molecule has 1 unspecified atom stereocenters. The Morgan fingerprint density at radius 3 is 2.83 bits per heavy atom. The molecule has 0 aliphatic rings. The molecule has 0 bridgehead atoms. The molecule has 124 valence electrons. The Hall–Kier alpha value is -3.03. The third kappa shape index (κ3) is 4.25. The molecule has 0 fully saturated rings. The van der Waals surface area contributed by atoms with Gasteiger partial charge in [0, 0.05) is 12.6 Å². The number of hydrogen-bond donors (Lipinski definition) is 1. The SMILES string of the molecule is CC(Cn1cncn1)NC(=O)c1cn(CCc2ccccc2)nn1. The minimum Gasteiger partial charge on any atom is -0.346 e. The van der Waals surface area contributed by atoms with Crippen molar-refractivity contribution in [2.24, 2.45) is 0 Å². The first-order valence-electron chi connectivity index (χ1n) is 7.78. The Morgan fingerprint density at radius 1 is 1.25 bits per heavy atom. The van der Waals surface area contributed by atoms with Gasteiger partial charge in [0.05, 0.1) is 12.7 Å². The highest BCUT2D eigenvalue weighted by Gasteiger charge is 2.14. The molecule has 0 aliphatic heterocycles. The van der Waals surface area contributed by atoms with Crippen LogP contribution in [-0.2, 0) is 19.5 Å². The van der Waals surface area contributed by atoms with E-state index in [9.17, 15) is 4.79 Å². The maximum atomic E-state index is 12.2. The fraction of sp³-hybridized carbons (Fsp3) is 0.312. The predicted molar refractivity (Wildman–Crippen MR) is 87.1 cm³/mol. The fourth-order valence-corrected chi connectivity index (χ4v) is 2.35. The predicted octanol–water partition coefficient (Wildman–Crippen LogP) is 0.931. The molecule has 8 nitrogen and oxygen atoms in total. The van der Waals surface area contributed by atoms with Gasteiger partial charge < -0.3 is 5.32 Å². The van der Waals surface area contributed by atoms with Gasteiger partial charge in [-0.25, -0.2) is 4.98 Å². The summed E-state index contributed by atoms with van der Waals surface area (Å²) in [5.41, 5.74) is 1.54. The Morgan fingerprint density at radius 2 is 2.08 bits per heavy atom. The first kappa shape index (κ1) is 15.9. The summed E-state index contributed by atoms with van der Waals surface area (Å²) in [5.74, 6) is -0.242. The largest absolute Gasteiger partial charge is 0.346 e. The topological polar surface area (TPSA) is 90.5 Å². The number of hydrogen-bond acceptors (Lipinski definition) is 5. The monoisotopic (exact) mass is 325 g/mol. The van der Waals surface area contributed by atoms with E-state index in [1.807, 2.05) is 25.1 Å². The van der Waals surface area contributed by atoms with E-state index < -0.39 is 0 Å². The van der Waals surface area contributed by atoms with E-state index in [-0.39, 0.29) is 11.9 Å². The molecular formula is C16H19N7O. The first-order chi connectivity index (χ1) is 11.7. The van der Waals surface area contributed by atoms with Crippen LogP contribution in [0.5, 0.6) is 0 Å². The van der Waals surface area contributed by atoms with E-state index in [1.165, 1.54) is 11.9 Å². The number of carbonyl (C=O) groups excluding carboxylic acids is 1. The molecule has 0 saturated carbocycles. The van der Waals surface area contributed by atoms with Crippen molar-refractivity contribution in [2.45, 2.75) is 32.5 Å². The average molecular weight is 325 g/mol. The van der Waals surface area contributed by atoms with Crippen LogP contribution in [0.1, 0.15) is 23.0 Å². The second-order valence-corrected chi connectivity index (χ2v) is 5.59. The third-order valence-electron chi connectivity index (χ3n) is 3.55. The van der Waals surface area contributed by atoms with Crippen molar-refractivity contribution >= 4 is 5.91 Å². The van der Waals surface area contributed by atoms with E-state index >= 15 is 0 Å². The molecule has 1 N–H and O–H groups in total. The van der Waals surface area contributed by atoms with Crippen LogP contribution in [0.25, 0.3) is 0 Å². The molecule has 0 spiro atoms. The van der Waals surface area contributed by atoms with Gasteiger partial charge in [-0.2, -0.15) is 5.10 Å². The fourth-order valence-electron chi connectivity index (χ4n) is 2.35. The van der Waals surface area contributed by atoms with Crippen LogP contribution in [0.15, 0.2) is 49.2 Å². The van der Waals surface area contributed by atoms with Gasteiger partial charge in [-0.3, -0.25) is 14.2 Å². The number of aryl methyl sites for hydroxylation is 2. The molecule has 1 aromatic carbocycles. The summed E-state index contributed by atoms with van der Waals surface area (Å²) in [7, 11) is 0. The van der Waals surface area contributed by atoms with Crippen molar-refractivity contribution in [2.75, 3.05) is 0 Å². The van der Waals surface area contributed by atoms with Crippen molar-refractivity contribution in [3.8, 4) is 0 Å². The third-order valence-corrected chi connectivity index (χ3v) is 3.55. The van der Waals surface area contributed by atoms with Gasteiger partial charge in [0.1, 0.15) is 12.7 Å². The van der Waals surface area contributed by atoms with Gasteiger partial charge in [-0.1, -0.05) is 35.5 Å². The lowest BCUT2D eigenvalue weighted by molar-refractivity contribution is 0.0931. The molecule has 0 radical (unpaired) electrons. The summed E-state index contributed by atoms with van der Waals surface area (Å²) in [6.07, 6.45) is 5.59. The van der Waals surface area contributed by atoms with Crippen LogP contribution in [0.4, 0.5) is 0 Å². The van der Waals surface area contributed by atoms with E-state index in [4.69, 9.17) is 0 Å². The molecule has 24 heavy (non-hydrogen) atoms. The molecule has 2 heterocycles. The number of benzene rings is 1. The zero-order valence-corrected chi connectivity index (χ0v) is 13.4.